The average Bonchev–Trinajstić information content (AvgIpc) is 2.21. The van der Waals surface area contributed by atoms with Gasteiger partial charge in [0.2, 0.25) is 0 Å². The van der Waals surface area contributed by atoms with Crippen LogP contribution in [0.4, 0.5) is 0 Å². The molecule has 2 heteroatoms. The van der Waals surface area contributed by atoms with Crippen LogP contribution in [0.25, 0.3) is 11.1 Å². The molecule has 14 heavy (non-hydrogen) atoms. The summed E-state index contributed by atoms with van der Waals surface area (Å²) in [4.78, 5) is 0. The second-order valence-electron chi connectivity index (χ2n) is 3.03. The minimum atomic E-state index is 0.0303. The van der Waals surface area contributed by atoms with Crippen molar-refractivity contribution in [2.75, 3.05) is 0 Å². The summed E-state index contributed by atoms with van der Waals surface area (Å²) in [7, 11) is 0. The van der Waals surface area contributed by atoms with Crippen LogP contribution in [0.2, 0.25) is 5.02 Å². The molecule has 2 aromatic rings. The van der Waals surface area contributed by atoms with Crippen molar-refractivity contribution in [2.45, 2.75) is 0 Å². The first-order chi connectivity index (χ1) is 6.75. The van der Waals surface area contributed by atoms with E-state index in [-0.39, 0.29) is 5.75 Å². The Balaban J connectivity index is 2.40. The maximum atomic E-state index is 10.9. The molecule has 0 aliphatic rings. The predicted octanol–water partition coefficient (Wildman–Crippen LogP) is 4.15. The first kappa shape index (κ1) is 9.10. The number of halogens is 1. The molecule has 2 aromatic carbocycles. The minimum absolute atomic E-state index is 0.0303. The van der Waals surface area contributed by atoms with E-state index in [1.165, 1.54) is 0 Å². The third-order valence-electron chi connectivity index (χ3n) is 2.03. The highest BCUT2D eigenvalue weighted by molar-refractivity contribution is 6.30. The molecular formula is C12H8ClO. The van der Waals surface area contributed by atoms with E-state index < -0.39 is 0 Å². The molecule has 2 rings (SSSR count). The van der Waals surface area contributed by atoms with Crippen molar-refractivity contribution in [3.05, 3.63) is 53.6 Å². The molecule has 0 atom stereocenters. The van der Waals surface area contributed by atoms with Gasteiger partial charge < -0.3 is 0 Å². The van der Waals surface area contributed by atoms with Gasteiger partial charge in [-0.25, -0.2) is 0 Å². The molecule has 0 N–H and O–H groups in total. The lowest BCUT2D eigenvalue weighted by Crippen LogP contribution is -1.75. The van der Waals surface area contributed by atoms with Crippen molar-refractivity contribution in [2.24, 2.45) is 0 Å². The first-order valence-electron chi connectivity index (χ1n) is 4.29. The number of hydrogen-bond acceptors (Lipinski definition) is 0. The molecule has 0 aromatic heterocycles. The van der Waals surface area contributed by atoms with Gasteiger partial charge in [0.25, 0.3) is 0 Å². The Morgan fingerprint density at radius 3 is 1.64 bits per heavy atom. The second kappa shape index (κ2) is 3.72. The summed E-state index contributed by atoms with van der Waals surface area (Å²) in [6, 6.07) is 14.3. The van der Waals surface area contributed by atoms with Crippen LogP contribution in [0.3, 0.4) is 0 Å². The van der Waals surface area contributed by atoms with Crippen molar-refractivity contribution in [1.29, 1.82) is 0 Å². The van der Waals surface area contributed by atoms with Gasteiger partial charge in [-0.3, -0.25) is 5.11 Å². The smallest absolute Gasteiger partial charge is 0.178 e. The molecule has 0 unspecified atom stereocenters. The Morgan fingerprint density at radius 2 is 1.14 bits per heavy atom. The van der Waals surface area contributed by atoms with Crippen LogP contribution in [0.15, 0.2) is 48.5 Å². The predicted molar refractivity (Wildman–Crippen MR) is 57.0 cm³/mol. The van der Waals surface area contributed by atoms with Crippen LogP contribution >= 0.6 is 11.6 Å². The summed E-state index contributed by atoms with van der Waals surface area (Å²) >= 11 is 5.77. The van der Waals surface area contributed by atoms with Crippen LogP contribution < -0.4 is 0 Å². The van der Waals surface area contributed by atoms with Gasteiger partial charge in [0, 0.05) is 5.02 Å². The molecule has 1 nitrogen and oxygen atoms in total. The highest BCUT2D eigenvalue weighted by atomic mass is 35.5. The lowest BCUT2D eigenvalue weighted by atomic mass is 10.1. The Morgan fingerprint density at radius 1 is 0.714 bits per heavy atom. The van der Waals surface area contributed by atoms with E-state index in [4.69, 9.17) is 11.6 Å². The van der Waals surface area contributed by atoms with Crippen LogP contribution in [0.5, 0.6) is 5.75 Å². The zero-order valence-electron chi connectivity index (χ0n) is 7.41. The third kappa shape index (κ3) is 1.88. The van der Waals surface area contributed by atoms with E-state index in [0.717, 1.165) is 11.1 Å². The average molecular weight is 204 g/mol. The normalized spacial score (nSPS) is 10.1. The minimum Gasteiger partial charge on any atom is -0.290 e. The fourth-order valence-corrected chi connectivity index (χ4v) is 1.42. The summed E-state index contributed by atoms with van der Waals surface area (Å²) in [6.07, 6.45) is 0. The van der Waals surface area contributed by atoms with Crippen molar-refractivity contribution < 1.29 is 5.11 Å². The standard InChI is InChI=1S/C12H8ClO/c13-11-5-1-9(2-6-11)10-3-7-12(14)8-4-10/h1-8H. The highest BCUT2D eigenvalue weighted by Crippen LogP contribution is 2.23. The summed E-state index contributed by atoms with van der Waals surface area (Å²) in [5.74, 6) is 0.0303. The van der Waals surface area contributed by atoms with Gasteiger partial charge in [-0.1, -0.05) is 35.9 Å². The van der Waals surface area contributed by atoms with Gasteiger partial charge >= 0.3 is 0 Å². The van der Waals surface area contributed by atoms with E-state index in [1.54, 1.807) is 12.1 Å². The molecule has 0 bridgehead atoms. The lowest BCUT2D eigenvalue weighted by molar-refractivity contribution is 0.355. The summed E-state index contributed by atoms with van der Waals surface area (Å²) < 4.78 is 0. The topological polar surface area (TPSA) is 19.9 Å². The van der Waals surface area contributed by atoms with Gasteiger partial charge in [-0.2, -0.15) is 0 Å². The maximum Gasteiger partial charge on any atom is 0.178 e. The van der Waals surface area contributed by atoms with Gasteiger partial charge in [-0.05, 0) is 35.4 Å². The van der Waals surface area contributed by atoms with E-state index in [1.807, 2.05) is 36.4 Å². The van der Waals surface area contributed by atoms with Crippen LogP contribution in [0.1, 0.15) is 0 Å². The van der Waals surface area contributed by atoms with Crippen LogP contribution in [-0.2, 0) is 5.11 Å². The van der Waals surface area contributed by atoms with Gasteiger partial charge in [0.1, 0.15) is 0 Å². The molecular weight excluding hydrogens is 196 g/mol. The summed E-state index contributed by atoms with van der Waals surface area (Å²) in [5, 5.41) is 11.6. The monoisotopic (exact) mass is 203 g/mol. The Bertz CT molecular complexity index is 374. The molecule has 0 aliphatic carbocycles. The third-order valence-corrected chi connectivity index (χ3v) is 2.28. The fraction of sp³-hybridized carbons (Fsp3) is 0. The second-order valence-corrected chi connectivity index (χ2v) is 3.47. The molecule has 0 spiro atoms. The van der Waals surface area contributed by atoms with E-state index in [0.29, 0.717) is 5.02 Å². The fourth-order valence-electron chi connectivity index (χ4n) is 1.29. The van der Waals surface area contributed by atoms with Crippen molar-refractivity contribution in [3.63, 3.8) is 0 Å². The summed E-state index contributed by atoms with van der Waals surface area (Å²) in [5.41, 5.74) is 2.09. The molecule has 0 heterocycles. The van der Waals surface area contributed by atoms with Crippen molar-refractivity contribution >= 4 is 11.6 Å². The largest absolute Gasteiger partial charge is 0.290 e. The van der Waals surface area contributed by atoms with Crippen molar-refractivity contribution in [1.82, 2.24) is 0 Å². The van der Waals surface area contributed by atoms with E-state index in [9.17, 15) is 5.11 Å². The Labute approximate surface area is 87.6 Å². The van der Waals surface area contributed by atoms with Crippen LogP contribution in [-0.4, -0.2) is 0 Å². The van der Waals surface area contributed by atoms with E-state index >= 15 is 0 Å². The number of rotatable bonds is 1. The van der Waals surface area contributed by atoms with Gasteiger partial charge in [0.05, 0.1) is 0 Å². The maximum absolute atomic E-state index is 10.9. The molecule has 0 saturated carbocycles. The van der Waals surface area contributed by atoms with E-state index in [2.05, 4.69) is 0 Å². The zero-order valence-corrected chi connectivity index (χ0v) is 8.16. The lowest BCUT2D eigenvalue weighted by Gasteiger charge is -2.00. The quantitative estimate of drug-likeness (QED) is 0.664. The molecule has 69 valence electrons. The first-order valence-corrected chi connectivity index (χ1v) is 4.66. The molecule has 0 aliphatic heterocycles. The van der Waals surface area contributed by atoms with Crippen LogP contribution in [0, 0.1) is 0 Å². The van der Waals surface area contributed by atoms with Crippen molar-refractivity contribution in [3.8, 4) is 16.9 Å². The molecule has 0 saturated heterocycles. The highest BCUT2D eigenvalue weighted by Gasteiger charge is 1.97. The number of benzene rings is 2. The molecule has 0 amide bonds. The molecule has 0 fully saturated rings. The zero-order chi connectivity index (χ0) is 9.97. The van der Waals surface area contributed by atoms with Gasteiger partial charge in [-0.15, -0.1) is 0 Å². The number of hydrogen-bond donors (Lipinski definition) is 0. The molecule has 1 radical (unpaired) electrons. The Kier molecular flexibility index (Phi) is 2.42. The Hall–Kier alpha value is -1.47. The SMILES string of the molecule is [O]c1ccc(-c2ccc(Cl)cc2)cc1. The van der Waals surface area contributed by atoms with Gasteiger partial charge in [0.15, 0.2) is 5.75 Å². The summed E-state index contributed by atoms with van der Waals surface area (Å²) in [6.45, 7) is 0.